The third kappa shape index (κ3) is 17.2. The first-order valence-corrected chi connectivity index (χ1v) is 38.5. The summed E-state index contributed by atoms with van der Waals surface area (Å²) in [6.45, 7) is 29.0. The van der Waals surface area contributed by atoms with E-state index in [1.54, 1.807) is 65.3 Å². The summed E-state index contributed by atoms with van der Waals surface area (Å²) in [7, 11) is -5.04. The molecular formula is C54H68Cl2Si4Zr2-2. The molecule has 0 N–H and O–H groups in total. The summed E-state index contributed by atoms with van der Waals surface area (Å²) in [5.74, 6) is 0. The van der Waals surface area contributed by atoms with E-state index in [1.165, 1.54) is 80.6 Å². The van der Waals surface area contributed by atoms with E-state index in [2.05, 4.69) is 176 Å². The zero-order valence-corrected chi connectivity index (χ0v) is 50.1. The molecule has 0 atom stereocenters. The van der Waals surface area contributed by atoms with E-state index in [4.69, 9.17) is 0 Å². The molecule has 62 heavy (non-hydrogen) atoms. The fourth-order valence-corrected chi connectivity index (χ4v) is 11.9. The second kappa shape index (κ2) is 24.0. The van der Waals surface area contributed by atoms with Crippen LogP contribution in [0.4, 0.5) is 0 Å². The molecular weight excluding hydrogens is 1010 g/mol. The van der Waals surface area contributed by atoms with Gasteiger partial charge in [-0.1, -0.05) is 148 Å². The Morgan fingerprint density at radius 3 is 0.968 bits per heavy atom. The van der Waals surface area contributed by atoms with Crippen molar-refractivity contribution in [2.75, 3.05) is 0 Å². The number of benzene rings is 4. The molecule has 0 amide bonds. The first-order valence-electron chi connectivity index (χ1n) is 22.0. The summed E-state index contributed by atoms with van der Waals surface area (Å²) in [6.07, 6.45) is 27.9. The van der Waals surface area contributed by atoms with Gasteiger partial charge in [0.1, 0.15) is 0 Å². The number of allylic oxidation sites excluding steroid dienone is 8. The van der Waals surface area contributed by atoms with E-state index in [0.717, 1.165) is 25.7 Å². The molecule has 10 rings (SSSR count). The van der Waals surface area contributed by atoms with Crippen molar-refractivity contribution < 1.29 is 73.3 Å². The molecule has 0 nitrogen and oxygen atoms in total. The summed E-state index contributed by atoms with van der Waals surface area (Å²) >= 11 is 3.33. The maximum absolute atomic E-state index is 3.58. The molecule has 0 aliphatic heterocycles. The molecule has 324 valence electrons. The van der Waals surface area contributed by atoms with Gasteiger partial charge in [0, 0.05) is 16.1 Å². The Kier molecular flexibility index (Phi) is 21.3. The predicted octanol–water partition coefficient (Wildman–Crippen LogP) is 5.91. The van der Waals surface area contributed by atoms with Crippen molar-refractivity contribution in [3.8, 4) is 22.3 Å². The Balaban J connectivity index is 0.000000230. The number of hydrogen-bond donors (Lipinski definition) is 0. The molecule has 0 saturated heterocycles. The van der Waals surface area contributed by atoms with Gasteiger partial charge < -0.3 is 24.8 Å². The third-order valence-corrected chi connectivity index (χ3v) is 21.8. The number of halogens is 2. The standard InChI is InChI=1S/2C19H25Si2.2C5H5.2C3H4.2ClH.2Zr/c2*1-20(2,3)16-9-7-14-11-15-8-10-17(21(4,5)6)13-19(15)18(14)12-16;2*1-2-4-5-3-1;2*1-2-3-1;;;;/h2*7,9-10,12-13H,11H2,1-6H3;2*1-3H,4H2;2*1-2H2;2*1H;;/q4*-1;;;;;2*+2/p-2. The molecule has 0 radical (unpaired) electrons. The normalized spacial score (nSPS) is 15.2. The molecule has 6 aliphatic carbocycles. The topological polar surface area (TPSA) is 0 Å². The Morgan fingerprint density at radius 1 is 0.435 bits per heavy atom. The number of rotatable bonds is 4. The number of fused-ring (bicyclic) bond motifs is 6. The van der Waals surface area contributed by atoms with Crippen molar-refractivity contribution in [2.24, 2.45) is 0 Å². The Bertz CT molecular complexity index is 1990. The van der Waals surface area contributed by atoms with Crippen molar-refractivity contribution >= 4 is 59.5 Å². The molecule has 0 bridgehead atoms. The first kappa shape index (κ1) is 55.1. The average Bonchev–Trinajstić information content (AvgIpc) is 3.78. The molecule has 0 aromatic heterocycles. The van der Waals surface area contributed by atoms with Gasteiger partial charge in [0.2, 0.25) is 0 Å². The SMILES string of the molecule is C[Si](C)(C)c1c[c-]c2c(c1)-c1cc([Si](C)(C)C)ccc1C2.C[Si](C)(C)c1c[c-]c2c(c1)-c1cc([Si](C)(C)C)ccc1C2.[C-]1=CC=CC1.[C-]1=CC=CC1.[Cl-].[Cl-].[Zr+2]=[C]1CC1.[Zr+2]=[C]1CC1. The van der Waals surface area contributed by atoms with E-state index in [9.17, 15) is 0 Å². The molecule has 0 spiro atoms. The van der Waals surface area contributed by atoms with Crippen LogP contribution < -0.4 is 45.6 Å². The summed E-state index contributed by atoms with van der Waals surface area (Å²) in [5.41, 5.74) is 11.6. The van der Waals surface area contributed by atoms with Crippen LogP contribution in [-0.2, 0) is 61.3 Å². The average molecular weight is 1080 g/mol. The summed E-state index contributed by atoms with van der Waals surface area (Å²) in [5, 5.41) is 6.17. The van der Waals surface area contributed by atoms with Crippen molar-refractivity contribution in [1.29, 1.82) is 0 Å². The van der Waals surface area contributed by atoms with Crippen LogP contribution in [-0.4, -0.2) is 38.7 Å². The van der Waals surface area contributed by atoms with E-state index >= 15 is 0 Å². The van der Waals surface area contributed by atoms with Crippen molar-refractivity contribution in [1.82, 2.24) is 0 Å². The quantitative estimate of drug-likeness (QED) is 0.152. The molecule has 2 saturated carbocycles. The van der Waals surface area contributed by atoms with Crippen molar-refractivity contribution in [3.63, 3.8) is 0 Å². The van der Waals surface area contributed by atoms with Gasteiger partial charge in [-0.15, -0.1) is 24.0 Å². The number of hydrogen-bond acceptors (Lipinski definition) is 0. The first-order chi connectivity index (χ1) is 28.1. The van der Waals surface area contributed by atoms with Gasteiger partial charge in [-0.3, -0.25) is 12.2 Å². The van der Waals surface area contributed by atoms with Crippen LogP contribution in [0.1, 0.15) is 60.8 Å². The summed E-state index contributed by atoms with van der Waals surface area (Å²) < 4.78 is 3.51. The van der Waals surface area contributed by atoms with Crippen molar-refractivity contribution in [3.05, 3.63) is 144 Å². The van der Waals surface area contributed by atoms with Crippen LogP contribution in [0.2, 0.25) is 78.6 Å². The van der Waals surface area contributed by atoms with Gasteiger partial charge in [0.05, 0.1) is 16.1 Å². The third-order valence-electron chi connectivity index (χ3n) is 11.2. The molecule has 4 aromatic rings. The monoisotopic (exact) mass is 1080 g/mol. The molecule has 0 heterocycles. The van der Waals surface area contributed by atoms with Crippen LogP contribution in [0, 0.1) is 24.3 Å². The zero-order valence-electron chi connectivity index (χ0n) is 39.7. The fourth-order valence-electron chi connectivity index (χ4n) is 6.77. The van der Waals surface area contributed by atoms with Crippen molar-refractivity contribution in [2.45, 2.75) is 130 Å². The molecule has 2 fully saturated rings. The molecule has 4 aromatic carbocycles. The summed E-state index contributed by atoms with van der Waals surface area (Å²) in [6, 6.07) is 30.9. The molecule has 8 heteroatoms. The van der Waals surface area contributed by atoms with Gasteiger partial charge in [0.25, 0.3) is 0 Å². The summed E-state index contributed by atoms with van der Waals surface area (Å²) in [4.78, 5) is 0. The molecule has 0 unspecified atom stereocenters. The van der Waals surface area contributed by atoms with Crippen LogP contribution in [0.3, 0.4) is 0 Å². The second-order valence-electron chi connectivity index (χ2n) is 20.9. The van der Waals surface area contributed by atoms with Crippen LogP contribution in [0.25, 0.3) is 22.3 Å². The van der Waals surface area contributed by atoms with E-state index in [0.29, 0.717) is 0 Å². The van der Waals surface area contributed by atoms with Gasteiger partial charge in [-0.05, 0) is 12.8 Å². The van der Waals surface area contributed by atoms with Gasteiger partial charge in [-0.25, -0.2) is 24.3 Å². The Hall–Kier alpha value is -1.21. The van der Waals surface area contributed by atoms with E-state index < -0.39 is 32.3 Å². The minimum atomic E-state index is -1.27. The fraction of sp³-hybridized carbons (Fsp3) is 0.370. The van der Waals surface area contributed by atoms with Gasteiger partial charge in [-0.2, -0.15) is 70.1 Å². The molecule has 6 aliphatic rings. The van der Waals surface area contributed by atoms with Crippen LogP contribution >= 0.6 is 0 Å². The van der Waals surface area contributed by atoms with E-state index in [1.807, 2.05) is 24.3 Å². The Labute approximate surface area is 424 Å². The van der Waals surface area contributed by atoms with Crippen LogP contribution in [0.15, 0.2) is 97.1 Å². The van der Waals surface area contributed by atoms with Gasteiger partial charge >= 0.3 is 80.6 Å². The maximum atomic E-state index is 3.58. The Morgan fingerprint density at radius 2 is 0.742 bits per heavy atom. The van der Waals surface area contributed by atoms with E-state index in [-0.39, 0.29) is 24.8 Å². The predicted molar refractivity (Wildman–Crippen MR) is 271 cm³/mol. The van der Waals surface area contributed by atoms with Crippen LogP contribution in [0.5, 0.6) is 0 Å². The minimum absolute atomic E-state index is 0. The zero-order chi connectivity index (χ0) is 43.9. The van der Waals surface area contributed by atoms with Gasteiger partial charge in [0.15, 0.2) is 0 Å². The second-order valence-corrected chi connectivity index (χ2v) is 44.7.